The molecule has 29 heavy (non-hydrogen) atoms. The smallest absolute Gasteiger partial charge is 0.273 e. The van der Waals surface area contributed by atoms with Crippen LogP contribution in [-0.2, 0) is 11.3 Å². The maximum Gasteiger partial charge on any atom is 0.273 e. The predicted octanol–water partition coefficient (Wildman–Crippen LogP) is 5.76. The largest absolute Gasteiger partial charge is 0.341 e. The molecule has 0 spiro atoms. The van der Waals surface area contributed by atoms with Crippen molar-refractivity contribution in [3.63, 3.8) is 0 Å². The number of para-hydroxylation sites is 2. The summed E-state index contributed by atoms with van der Waals surface area (Å²) < 4.78 is 2.31. The Kier molecular flexibility index (Phi) is 5.00. The zero-order valence-electron chi connectivity index (χ0n) is 16.7. The first-order chi connectivity index (χ1) is 14.1. The van der Waals surface area contributed by atoms with Crippen LogP contribution in [0, 0.1) is 0 Å². The highest BCUT2D eigenvalue weighted by Gasteiger charge is 2.15. The molecule has 0 saturated heterocycles. The number of hydrazone groups is 1. The number of hydrogen-bond acceptors (Lipinski definition) is 2. The number of rotatable bonds is 5. The molecule has 0 fully saturated rings. The summed E-state index contributed by atoms with van der Waals surface area (Å²) in [5.74, 6) is -0.226. The van der Waals surface area contributed by atoms with Crippen molar-refractivity contribution in [2.24, 2.45) is 5.10 Å². The van der Waals surface area contributed by atoms with Crippen LogP contribution in [-0.4, -0.2) is 16.7 Å². The summed E-state index contributed by atoms with van der Waals surface area (Å²) in [4.78, 5) is 12.6. The van der Waals surface area contributed by atoms with Crippen LogP contribution in [0.1, 0.15) is 19.4 Å². The summed E-state index contributed by atoms with van der Waals surface area (Å²) in [6.45, 7) is 8.53. The van der Waals surface area contributed by atoms with Gasteiger partial charge >= 0.3 is 0 Å². The van der Waals surface area contributed by atoms with Crippen LogP contribution in [0.5, 0.6) is 0 Å². The Morgan fingerprint density at radius 3 is 2.41 bits per heavy atom. The zero-order valence-corrected chi connectivity index (χ0v) is 16.7. The second-order valence-electron chi connectivity index (χ2n) is 7.02. The van der Waals surface area contributed by atoms with Gasteiger partial charge in [-0.2, -0.15) is 10.1 Å². The Balaban J connectivity index is 1.78. The molecule has 4 rings (SSSR count). The van der Waals surface area contributed by atoms with Crippen LogP contribution in [0.3, 0.4) is 0 Å². The number of carbonyl (C=O) groups excluding carboxylic acids is 1. The molecule has 1 amide bonds. The molecule has 0 radical (unpaired) electrons. The number of benzene rings is 3. The number of aromatic nitrogens is 1. The summed E-state index contributed by atoms with van der Waals surface area (Å²) in [5, 5.41) is 8.29. The fourth-order valence-electron chi connectivity index (χ4n) is 3.60. The Bertz CT molecular complexity index is 1240. The molecule has 1 aromatic heterocycles. The molecule has 0 aliphatic heterocycles. The highest BCUT2D eigenvalue weighted by atomic mass is 16.2. The van der Waals surface area contributed by atoms with Crippen molar-refractivity contribution in [2.45, 2.75) is 20.4 Å². The zero-order chi connectivity index (χ0) is 20.4. The monoisotopic (exact) mass is 381 g/mol. The Hall–Kier alpha value is -3.66. The maximum absolute atomic E-state index is 12.6. The fraction of sp³-hybridized carbons (Fsp3) is 0.120. The molecule has 4 nitrogen and oxygen atoms in total. The molecule has 0 aliphatic carbocycles. The fourth-order valence-corrected chi connectivity index (χ4v) is 3.60. The highest BCUT2D eigenvalue weighted by Crippen LogP contribution is 2.29. The summed E-state index contributed by atoms with van der Waals surface area (Å²) in [7, 11) is 0. The highest BCUT2D eigenvalue weighted by molar-refractivity contribution is 6.10. The van der Waals surface area contributed by atoms with Crippen LogP contribution in [0.4, 0.5) is 5.69 Å². The van der Waals surface area contributed by atoms with E-state index in [9.17, 15) is 4.79 Å². The van der Waals surface area contributed by atoms with Crippen molar-refractivity contribution in [3.05, 3.63) is 90.5 Å². The molecule has 0 bridgehead atoms. The minimum absolute atomic E-state index is 0.226. The third-order valence-electron chi connectivity index (χ3n) is 4.99. The van der Waals surface area contributed by atoms with Crippen LogP contribution in [0.2, 0.25) is 0 Å². The lowest BCUT2D eigenvalue weighted by Crippen LogP contribution is -2.25. The molecule has 0 aliphatic rings. The van der Waals surface area contributed by atoms with Gasteiger partial charge in [-0.1, -0.05) is 49.0 Å². The number of anilines is 1. The predicted molar refractivity (Wildman–Crippen MR) is 121 cm³/mol. The number of nitrogens with zero attached hydrogens (tertiary/aromatic N) is 3. The average molecular weight is 381 g/mol. The van der Waals surface area contributed by atoms with Crippen molar-refractivity contribution >= 4 is 39.6 Å². The van der Waals surface area contributed by atoms with Crippen molar-refractivity contribution < 1.29 is 4.79 Å². The van der Waals surface area contributed by atoms with E-state index in [1.807, 2.05) is 36.4 Å². The van der Waals surface area contributed by atoms with E-state index in [-0.39, 0.29) is 5.91 Å². The van der Waals surface area contributed by atoms with Gasteiger partial charge in [0.25, 0.3) is 5.91 Å². The first-order valence-electron chi connectivity index (χ1n) is 9.70. The number of amides is 1. The van der Waals surface area contributed by atoms with Crippen molar-refractivity contribution in [1.29, 1.82) is 0 Å². The van der Waals surface area contributed by atoms with Gasteiger partial charge in [0, 0.05) is 33.9 Å². The molecule has 0 N–H and O–H groups in total. The van der Waals surface area contributed by atoms with Gasteiger partial charge in [0.2, 0.25) is 0 Å². The molecular weight excluding hydrogens is 358 g/mol. The summed E-state index contributed by atoms with van der Waals surface area (Å²) in [5.41, 5.74) is 4.51. The molecule has 4 aromatic rings. The molecule has 144 valence electrons. The van der Waals surface area contributed by atoms with Crippen LogP contribution >= 0.6 is 0 Å². The van der Waals surface area contributed by atoms with Crippen molar-refractivity contribution in [1.82, 2.24) is 4.57 Å². The van der Waals surface area contributed by atoms with Gasteiger partial charge in [-0.25, -0.2) is 0 Å². The van der Waals surface area contributed by atoms with E-state index in [0.29, 0.717) is 11.3 Å². The third kappa shape index (κ3) is 3.45. The van der Waals surface area contributed by atoms with E-state index < -0.39 is 0 Å². The van der Waals surface area contributed by atoms with Gasteiger partial charge < -0.3 is 4.57 Å². The lowest BCUT2D eigenvalue weighted by Gasteiger charge is -2.17. The molecular formula is C25H23N3O. The SMILES string of the molecule is C=C(C)C(=O)N(/N=C/c1ccc2c(c1)c1ccccc1n2CC)c1ccccc1. The molecule has 0 saturated carbocycles. The minimum atomic E-state index is -0.226. The van der Waals surface area contributed by atoms with E-state index in [2.05, 4.69) is 59.6 Å². The lowest BCUT2D eigenvalue weighted by atomic mass is 10.1. The van der Waals surface area contributed by atoms with Gasteiger partial charge in [0.1, 0.15) is 0 Å². The number of carbonyl (C=O) groups is 1. The third-order valence-corrected chi connectivity index (χ3v) is 4.99. The number of hydrogen-bond donors (Lipinski definition) is 0. The van der Waals surface area contributed by atoms with E-state index in [4.69, 9.17) is 0 Å². The van der Waals surface area contributed by atoms with Gasteiger partial charge in [-0.15, -0.1) is 0 Å². The summed E-state index contributed by atoms with van der Waals surface area (Å²) in [6, 6.07) is 24.1. The van der Waals surface area contributed by atoms with E-state index >= 15 is 0 Å². The lowest BCUT2D eigenvalue weighted by molar-refractivity contribution is -0.115. The molecule has 1 heterocycles. The van der Waals surface area contributed by atoms with Crippen LogP contribution < -0.4 is 5.01 Å². The summed E-state index contributed by atoms with van der Waals surface area (Å²) in [6.07, 6.45) is 1.73. The quantitative estimate of drug-likeness (QED) is 0.246. The molecule has 0 unspecified atom stereocenters. The van der Waals surface area contributed by atoms with Gasteiger partial charge in [0.15, 0.2) is 0 Å². The van der Waals surface area contributed by atoms with Crippen LogP contribution in [0.15, 0.2) is 90.0 Å². The second kappa shape index (κ2) is 7.76. The van der Waals surface area contributed by atoms with Crippen molar-refractivity contribution in [2.75, 3.05) is 5.01 Å². The second-order valence-corrected chi connectivity index (χ2v) is 7.02. The van der Waals surface area contributed by atoms with Gasteiger partial charge in [-0.05, 0) is 49.7 Å². The minimum Gasteiger partial charge on any atom is -0.341 e. The first-order valence-corrected chi connectivity index (χ1v) is 9.70. The summed E-state index contributed by atoms with van der Waals surface area (Å²) >= 11 is 0. The standard InChI is InChI=1S/C25H23N3O/c1-4-27-23-13-9-8-12-21(23)22-16-19(14-15-24(22)27)17-26-28(25(29)18(2)3)20-10-6-5-7-11-20/h5-17H,2,4H2,1,3H3/b26-17+. The van der Waals surface area contributed by atoms with Gasteiger partial charge in [-0.3, -0.25) is 4.79 Å². The van der Waals surface area contributed by atoms with Crippen molar-refractivity contribution in [3.8, 4) is 0 Å². The Labute approximate surface area is 170 Å². The molecule has 0 atom stereocenters. The normalized spacial score (nSPS) is 11.4. The van der Waals surface area contributed by atoms with E-state index in [0.717, 1.165) is 12.1 Å². The first kappa shape index (κ1) is 18.7. The van der Waals surface area contributed by atoms with E-state index in [1.165, 1.54) is 26.8 Å². The average Bonchev–Trinajstić information content (AvgIpc) is 3.07. The number of fused-ring (bicyclic) bond motifs is 3. The topological polar surface area (TPSA) is 37.6 Å². The maximum atomic E-state index is 12.6. The molecule has 4 heteroatoms. The van der Waals surface area contributed by atoms with E-state index in [1.54, 1.807) is 13.1 Å². The Morgan fingerprint density at radius 2 is 1.69 bits per heavy atom. The number of aryl methyl sites for hydroxylation is 1. The Morgan fingerprint density at radius 1 is 1.00 bits per heavy atom. The molecule has 3 aromatic carbocycles. The van der Waals surface area contributed by atoms with Crippen LogP contribution in [0.25, 0.3) is 21.8 Å². The van der Waals surface area contributed by atoms with Gasteiger partial charge in [0.05, 0.1) is 11.9 Å².